The van der Waals surface area contributed by atoms with Crippen LogP contribution in [0.2, 0.25) is 0 Å². The molecule has 2 aromatic heterocycles. The Morgan fingerprint density at radius 3 is 2.76 bits per heavy atom. The Bertz CT molecular complexity index is 966. The quantitative estimate of drug-likeness (QED) is 0.638. The van der Waals surface area contributed by atoms with Gasteiger partial charge >= 0.3 is 0 Å². The van der Waals surface area contributed by atoms with E-state index in [9.17, 15) is 4.79 Å². The van der Waals surface area contributed by atoms with Crippen LogP contribution in [-0.2, 0) is 12.8 Å². The van der Waals surface area contributed by atoms with Gasteiger partial charge in [-0.15, -0.1) is 11.3 Å². The molecule has 1 aromatic carbocycles. The Morgan fingerprint density at radius 2 is 2.00 bits per heavy atom. The van der Waals surface area contributed by atoms with Crippen molar-refractivity contribution in [3.8, 4) is 5.69 Å². The van der Waals surface area contributed by atoms with E-state index in [1.807, 2.05) is 24.3 Å². The third-order valence-corrected chi connectivity index (χ3v) is 5.87. The fraction of sp³-hybridized carbons (Fsp3) is 0.200. The van der Waals surface area contributed by atoms with E-state index in [1.165, 1.54) is 10.4 Å². The number of benzene rings is 1. The lowest BCUT2D eigenvalue weighted by atomic mass is 10.2. The van der Waals surface area contributed by atoms with Gasteiger partial charge in [-0.05, 0) is 61.3 Å². The second-order valence-corrected chi connectivity index (χ2v) is 7.52. The molecule has 21 heavy (non-hydrogen) atoms. The van der Waals surface area contributed by atoms with E-state index in [2.05, 4.69) is 20.9 Å². The molecule has 3 nitrogen and oxygen atoms in total. The van der Waals surface area contributed by atoms with Gasteiger partial charge in [0.15, 0.2) is 4.77 Å². The van der Waals surface area contributed by atoms with Crippen molar-refractivity contribution in [3.63, 3.8) is 0 Å². The van der Waals surface area contributed by atoms with Gasteiger partial charge in [0.1, 0.15) is 4.83 Å². The maximum Gasteiger partial charge on any atom is 0.267 e. The molecule has 4 rings (SSSR count). The minimum absolute atomic E-state index is 0.00419. The first-order valence-corrected chi connectivity index (χ1v) is 8.72. The molecule has 0 aliphatic heterocycles. The summed E-state index contributed by atoms with van der Waals surface area (Å²) >= 11 is 10.5. The zero-order chi connectivity index (χ0) is 14.6. The highest BCUT2D eigenvalue weighted by molar-refractivity contribution is 9.10. The van der Waals surface area contributed by atoms with E-state index in [4.69, 9.17) is 12.2 Å². The monoisotopic (exact) mass is 378 g/mol. The third-order valence-electron chi connectivity index (χ3n) is 3.85. The van der Waals surface area contributed by atoms with Gasteiger partial charge in [-0.1, -0.05) is 15.9 Å². The Balaban J connectivity index is 2.08. The summed E-state index contributed by atoms with van der Waals surface area (Å²) in [6.07, 6.45) is 3.22. The molecule has 0 saturated carbocycles. The van der Waals surface area contributed by atoms with Gasteiger partial charge in [-0.25, -0.2) is 0 Å². The number of aromatic amines is 1. The van der Waals surface area contributed by atoms with Crippen LogP contribution >= 0.6 is 39.5 Å². The minimum Gasteiger partial charge on any atom is -0.323 e. The van der Waals surface area contributed by atoms with E-state index in [0.717, 1.165) is 39.6 Å². The van der Waals surface area contributed by atoms with Crippen LogP contribution < -0.4 is 5.56 Å². The molecule has 0 bridgehead atoms. The summed E-state index contributed by atoms with van der Waals surface area (Å²) in [7, 11) is 0. The molecule has 0 unspecified atom stereocenters. The molecule has 0 fully saturated rings. The lowest BCUT2D eigenvalue weighted by Crippen LogP contribution is -2.20. The topological polar surface area (TPSA) is 37.8 Å². The van der Waals surface area contributed by atoms with E-state index in [1.54, 1.807) is 15.9 Å². The molecular weight excluding hydrogens is 368 g/mol. The summed E-state index contributed by atoms with van der Waals surface area (Å²) in [5.41, 5.74) is 2.01. The van der Waals surface area contributed by atoms with Crippen LogP contribution in [0.1, 0.15) is 16.9 Å². The maximum absolute atomic E-state index is 12.9. The highest BCUT2D eigenvalue weighted by Gasteiger charge is 2.21. The molecule has 2 heterocycles. The van der Waals surface area contributed by atoms with Crippen molar-refractivity contribution in [3.05, 3.63) is 54.3 Å². The van der Waals surface area contributed by atoms with Gasteiger partial charge in [0.05, 0.1) is 11.1 Å². The molecule has 106 valence electrons. The Kier molecular flexibility index (Phi) is 3.13. The van der Waals surface area contributed by atoms with Crippen LogP contribution in [0, 0.1) is 4.77 Å². The summed E-state index contributed by atoms with van der Waals surface area (Å²) in [5, 5.41) is 0.823. The average molecular weight is 379 g/mol. The summed E-state index contributed by atoms with van der Waals surface area (Å²) in [6, 6.07) is 7.62. The van der Waals surface area contributed by atoms with Gasteiger partial charge in [-0.3, -0.25) is 9.36 Å². The highest BCUT2D eigenvalue weighted by Crippen LogP contribution is 2.34. The summed E-state index contributed by atoms with van der Waals surface area (Å²) in [6.45, 7) is 0. The fourth-order valence-electron chi connectivity index (χ4n) is 2.90. The molecule has 0 saturated heterocycles. The van der Waals surface area contributed by atoms with Crippen LogP contribution in [0.3, 0.4) is 0 Å². The number of hydrogen-bond donors (Lipinski definition) is 1. The number of halogens is 1. The van der Waals surface area contributed by atoms with Crippen LogP contribution in [0.4, 0.5) is 0 Å². The van der Waals surface area contributed by atoms with Crippen molar-refractivity contribution in [1.29, 1.82) is 0 Å². The van der Waals surface area contributed by atoms with Crippen molar-refractivity contribution in [1.82, 2.24) is 9.55 Å². The Hall–Kier alpha value is -1.24. The lowest BCUT2D eigenvalue weighted by molar-refractivity contribution is 0.910. The maximum atomic E-state index is 12.9. The molecule has 0 amide bonds. The van der Waals surface area contributed by atoms with Crippen LogP contribution in [0.5, 0.6) is 0 Å². The van der Waals surface area contributed by atoms with Gasteiger partial charge in [0, 0.05) is 9.35 Å². The molecule has 6 heteroatoms. The number of rotatable bonds is 1. The first kappa shape index (κ1) is 13.4. The van der Waals surface area contributed by atoms with E-state index < -0.39 is 0 Å². The number of aromatic nitrogens is 2. The van der Waals surface area contributed by atoms with E-state index in [-0.39, 0.29) is 5.56 Å². The smallest absolute Gasteiger partial charge is 0.267 e. The standard InChI is InChI=1S/C15H11BrN2OS2/c16-8-4-6-9(7-5-8)18-14(19)12-10-2-1-3-11(10)21-13(12)17-15(18)20/h4-7H,1-3H2,(H,17,20). The van der Waals surface area contributed by atoms with Gasteiger partial charge in [0.25, 0.3) is 5.56 Å². The molecule has 1 aliphatic carbocycles. The predicted molar refractivity (Wildman–Crippen MR) is 92.3 cm³/mol. The van der Waals surface area contributed by atoms with Crippen molar-refractivity contribution in [2.75, 3.05) is 0 Å². The molecule has 0 spiro atoms. The normalized spacial score (nSPS) is 13.8. The number of H-pyrrole nitrogens is 1. The molecular formula is C15H11BrN2OS2. The summed E-state index contributed by atoms with van der Waals surface area (Å²) in [5.74, 6) is 0. The van der Waals surface area contributed by atoms with Crippen LogP contribution in [-0.4, -0.2) is 9.55 Å². The molecule has 3 aromatic rings. The second kappa shape index (κ2) is 4.90. The fourth-order valence-corrected chi connectivity index (χ4v) is 4.80. The zero-order valence-electron chi connectivity index (χ0n) is 11.0. The minimum atomic E-state index is -0.00419. The zero-order valence-corrected chi connectivity index (χ0v) is 14.2. The first-order chi connectivity index (χ1) is 10.1. The van der Waals surface area contributed by atoms with Crippen molar-refractivity contribution < 1.29 is 0 Å². The lowest BCUT2D eigenvalue weighted by Gasteiger charge is -2.07. The van der Waals surface area contributed by atoms with Crippen LogP contribution in [0.25, 0.3) is 15.9 Å². The molecule has 1 aliphatic rings. The predicted octanol–water partition coefficient (Wildman–Crippen LogP) is 4.36. The summed E-state index contributed by atoms with van der Waals surface area (Å²) < 4.78 is 3.02. The van der Waals surface area contributed by atoms with Crippen molar-refractivity contribution in [2.45, 2.75) is 19.3 Å². The van der Waals surface area contributed by atoms with Crippen LogP contribution in [0.15, 0.2) is 33.5 Å². The average Bonchev–Trinajstić information content (AvgIpc) is 3.00. The van der Waals surface area contributed by atoms with Gasteiger partial charge < -0.3 is 4.98 Å². The molecule has 0 atom stereocenters. The summed E-state index contributed by atoms with van der Waals surface area (Å²) in [4.78, 5) is 18.4. The first-order valence-electron chi connectivity index (χ1n) is 6.70. The van der Waals surface area contributed by atoms with E-state index >= 15 is 0 Å². The third kappa shape index (κ3) is 2.05. The number of nitrogens with one attached hydrogen (secondary N) is 1. The SMILES string of the molecule is O=c1c2c3c(sc2[nH]c(=S)n1-c1ccc(Br)cc1)CCC3. The number of aryl methyl sites for hydroxylation is 2. The van der Waals surface area contributed by atoms with E-state index in [0.29, 0.717) is 4.77 Å². The Morgan fingerprint density at radius 1 is 1.24 bits per heavy atom. The van der Waals surface area contributed by atoms with Crippen molar-refractivity contribution in [2.24, 2.45) is 0 Å². The van der Waals surface area contributed by atoms with Gasteiger partial charge in [-0.2, -0.15) is 0 Å². The van der Waals surface area contributed by atoms with Crippen molar-refractivity contribution >= 4 is 49.7 Å². The largest absolute Gasteiger partial charge is 0.323 e. The van der Waals surface area contributed by atoms with Gasteiger partial charge in [0.2, 0.25) is 0 Å². The second-order valence-electron chi connectivity index (χ2n) is 5.11. The molecule has 1 N–H and O–H groups in total. The molecule has 0 radical (unpaired) electrons. The highest BCUT2D eigenvalue weighted by atomic mass is 79.9. The number of nitrogens with zero attached hydrogens (tertiary/aromatic N) is 1. The Labute approximate surface area is 138 Å². The number of hydrogen-bond acceptors (Lipinski definition) is 3. The number of fused-ring (bicyclic) bond motifs is 3. The number of thiophene rings is 1.